The second kappa shape index (κ2) is 9.16. The van der Waals surface area contributed by atoms with Crippen LogP contribution in [0.1, 0.15) is 19.0 Å². The minimum atomic E-state index is -3.49. The molecular formula is C13H25N3O4S. The Hall–Kier alpha value is -0.930. The van der Waals surface area contributed by atoms with E-state index in [9.17, 15) is 8.42 Å². The van der Waals surface area contributed by atoms with Crippen molar-refractivity contribution in [3.63, 3.8) is 0 Å². The van der Waals surface area contributed by atoms with Gasteiger partial charge in [-0.15, -0.1) is 0 Å². The van der Waals surface area contributed by atoms with Crippen molar-refractivity contribution in [2.24, 2.45) is 5.73 Å². The zero-order valence-corrected chi connectivity index (χ0v) is 13.5. The highest BCUT2D eigenvalue weighted by Crippen LogP contribution is 2.14. The first-order valence-electron chi connectivity index (χ1n) is 7.00. The summed E-state index contributed by atoms with van der Waals surface area (Å²) in [5.74, 6) is 0. The maximum absolute atomic E-state index is 12.1. The Morgan fingerprint density at radius 2 is 2.10 bits per heavy atom. The van der Waals surface area contributed by atoms with Gasteiger partial charge in [0.1, 0.15) is 0 Å². The molecule has 8 heteroatoms. The molecule has 1 aromatic heterocycles. The summed E-state index contributed by atoms with van der Waals surface area (Å²) in [5, 5.41) is 0. The Bertz CT molecular complexity index is 492. The van der Waals surface area contributed by atoms with Crippen molar-refractivity contribution in [2.45, 2.75) is 31.3 Å². The largest absolute Gasteiger partial charge is 0.382 e. The maximum Gasteiger partial charge on any atom is 0.242 e. The van der Waals surface area contributed by atoms with Crippen LogP contribution in [0.3, 0.4) is 0 Å². The van der Waals surface area contributed by atoms with E-state index >= 15 is 0 Å². The molecule has 0 atom stereocenters. The summed E-state index contributed by atoms with van der Waals surface area (Å²) >= 11 is 0. The standard InChI is InChI=1S/C13H25N3O4S/c1-3-16-11-13(9-12(16)10-14)21(17,18)15-5-4-6-20-8-7-19-2/h9,11,15H,3-8,10,14H2,1-2H3. The topological polar surface area (TPSA) is 95.6 Å². The van der Waals surface area contributed by atoms with Gasteiger partial charge in [0.2, 0.25) is 10.0 Å². The van der Waals surface area contributed by atoms with Gasteiger partial charge in [-0.2, -0.15) is 0 Å². The molecule has 7 nitrogen and oxygen atoms in total. The lowest BCUT2D eigenvalue weighted by Gasteiger charge is -2.06. The molecule has 0 saturated heterocycles. The first-order valence-corrected chi connectivity index (χ1v) is 8.49. The zero-order valence-electron chi connectivity index (χ0n) is 12.7. The van der Waals surface area contributed by atoms with Gasteiger partial charge in [-0.25, -0.2) is 13.1 Å². The molecule has 1 aromatic rings. The molecule has 0 aromatic carbocycles. The third-order valence-corrected chi connectivity index (χ3v) is 4.44. The van der Waals surface area contributed by atoms with Crippen LogP contribution in [0.5, 0.6) is 0 Å². The van der Waals surface area contributed by atoms with Crippen molar-refractivity contribution < 1.29 is 17.9 Å². The van der Waals surface area contributed by atoms with E-state index in [0.717, 1.165) is 5.69 Å². The first-order chi connectivity index (χ1) is 10.0. The molecule has 0 spiro atoms. The highest BCUT2D eigenvalue weighted by molar-refractivity contribution is 7.89. The molecule has 0 bridgehead atoms. The fourth-order valence-corrected chi connectivity index (χ4v) is 2.98. The smallest absolute Gasteiger partial charge is 0.242 e. The summed E-state index contributed by atoms with van der Waals surface area (Å²) in [6.07, 6.45) is 2.22. The van der Waals surface area contributed by atoms with Crippen LogP contribution in [0.4, 0.5) is 0 Å². The molecule has 1 heterocycles. The SMILES string of the molecule is CCn1cc(S(=O)(=O)NCCCOCCOC)cc1CN. The van der Waals surface area contributed by atoms with Crippen molar-refractivity contribution in [3.8, 4) is 0 Å². The van der Waals surface area contributed by atoms with E-state index in [4.69, 9.17) is 15.2 Å². The van der Waals surface area contributed by atoms with E-state index in [0.29, 0.717) is 45.9 Å². The molecule has 0 aliphatic rings. The predicted molar refractivity (Wildman–Crippen MR) is 80.5 cm³/mol. The number of hydrogen-bond donors (Lipinski definition) is 2. The third kappa shape index (κ3) is 5.76. The molecule has 0 radical (unpaired) electrons. The minimum Gasteiger partial charge on any atom is -0.382 e. The average Bonchev–Trinajstić information content (AvgIpc) is 2.90. The normalized spacial score (nSPS) is 12.0. The first kappa shape index (κ1) is 18.1. The van der Waals surface area contributed by atoms with Gasteiger partial charge >= 0.3 is 0 Å². The zero-order chi connectivity index (χ0) is 15.7. The number of rotatable bonds is 11. The summed E-state index contributed by atoms with van der Waals surface area (Å²) in [6, 6.07) is 1.61. The summed E-state index contributed by atoms with van der Waals surface area (Å²) < 4.78 is 38.8. The monoisotopic (exact) mass is 319 g/mol. The van der Waals surface area contributed by atoms with Gasteiger partial charge in [-0.05, 0) is 19.4 Å². The Kier molecular flexibility index (Phi) is 7.91. The van der Waals surface area contributed by atoms with E-state index in [2.05, 4.69) is 4.72 Å². The number of hydrogen-bond acceptors (Lipinski definition) is 5. The van der Waals surface area contributed by atoms with Gasteiger partial charge in [0.25, 0.3) is 0 Å². The molecular weight excluding hydrogens is 294 g/mol. The lowest BCUT2D eigenvalue weighted by Crippen LogP contribution is -2.25. The van der Waals surface area contributed by atoms with Gasteiger partial charge < -0.3 is 19.8 Å². The van der Waals surface area contributed by atoms with Crippen LogP contribution in [0.2, 0.25) is 0 Å². The number of aromatic nitrogens is 1. The number of aryl methyl sites for hydroxylation is 1. The van der Waals surface area contributed by atoms with Crippen molar-refractivity contribution in [1.82, 2.24) is 9.29 Å². The summed E-state index contributed by atoms with van der Waals surface area (Å²) in [5.41, 5.74) is 6.41. The number of nitrogens with one attached hydrogen (secondary N) is 1. The molecule has 0 aliphatic heterocycles. The summed E-state index contributed by atoms with van der Waals surface area (Å²) in [4.78, 5) is 0.255. The minimum absolute atomic E-state index is 0.255. The van der Waals surface area contributed by atoms with Gasteiger partial charge in [0.05, 0.1) is 18.1 Å². The van der Waals surface area contributed by atoms with Gasteiger partial charge in [-0.1, -0.05) is 0 Å². The Morgan fingerprint density at radius 3 is 2.67 bits per heavy atom. The van der Waals surface area contributed by atoms with Crippen LogP contribution in [0.15, 0.2) is 17.2 Å². The molecule has 0 amide bonds. The average molecular weight is 319 g/mol. The van der Waals surface area contributed by atoms with Crippen molar-refractivity contribution >= 4 is 10.0 Å². The van der Waals surface area contributed by atoms with Crippen LogP contribution in [-0.2, 0) is 32.6 Å². The number of nitrogens with two attached hydrogens (primary N) is 1. The van der Waals surface area contributed by atoms with Crippen LogP contribution in [0, 0.1) is 0 Å². The maximum atomic E-state index is 12.1. The lowest BCUT2D eigenvalue weighted by atomic mass is 10.4. The molecule has 0 saturated carbocycles. The van der Waals surface area contributed by atoms with Gasteiger partial charge in [0.15, 0.2) is 0 Å². The molecule has 0 aliphatic carbocycles. The molecule has 3 N–H and O–H groups in total. The second-order valence-corrected chi connectivity index (χ2v) is 6.28. The van der Waals surface area contributed by atoms with E-state index < -0.39 is 10.0 Å². The number of nitrogens with zero attached hydrogens (tertiary/aromatic N) is 1. The number of sulfonamides is 1. The van der Waals surface area contributed by atoms with Crippen molar-refractivity contribution in [2.75, 3.05) is 33.5 Å². The fourth-order valence-electron chi connectivity index (χ4n) is 1.85. The van der Waals surface area contributed by atoms with Crippen molar-refractivity contribution in [3.05, 3.63) is 18.0 Å². The lowest BCUT2D eigenvalue weighted by molar-refractivity contribution is 0.0699. The van der Waals surface area contributed by atoms with E-state index in [1.54, 1.807) is 19.4 Å². The Balaban J connectivity index is 2.44. The second-order valence-electron chi connectivity index (χ2n) is 4.51. The Morgan fingerprint density at radius 1 is 1.33 bits per heavy atom. The van der Waals surface area contributed by atoms with Gasteiger partial charge in [0, 0.05) is 45.2 Å². The third-order valence-electron chi connectivity index (χ3n) is 3.01. The number of methoxy groups -OCH3 is 1. The van der Waals surface area contributed by atoms with Gasteiger partial charge in [-0.3, -0.25) is 0 Å². The summed E-state index contributed by atoms with van der Waals surface area (Å²) in [7, 11) is -1.88. The molecule has 21 heavy (non-hydrogen) atoms. The molecule has 122 valence electrons. The molecule has 0 unspecified atom stereocenters. The highest BCUT2D eigenvalue weighted by Gasteiger charge is 2.17. The molecule has 0 fully saturated rings. The van der Waals surface area contributed by atoms with E-state index in [1.165, 1.54) is 0 Å². The summed E-state index contributed by atoms with van der Waals surface area (Å²) in [6.45, 7) is 4.84. The van der Waals surface area contributed by atoms with E-state index in [-0.39, 0.29) is 4.90 Å². The van der Waals surface area contributed by atoms with E-state index in [1.807, 2.05) is 11.5 Å². The quantitative estimate of drug-likeness (QED) is 0.572. The van der Waals surface area contributed by atoms with Crippen molar-refractivity contribution in [1.29, 1.82) is 0 Å². The fraction of sp³-hybridized carbons (Fsp3) is 0.692. The molecule has 1 rings (SSSR count). The van der Waals surface area contributed by atoms with Crippen LogP contribution < -0.4 is 10.5 Å². The highest BCUT2D eigenvalue weighted by atomic mass is 32.2. The van der Waals surface area contributed by atoms with Crippen LogP contribution in [0.25, 0.3) is 0 Å². The van der Waals surface area contributed by atoms with Crippen LogP contribution in [-0.4, -0.2) is 46.5 Å². The predicted octanol–water partition coefficient (Wildman–Crippen LogP) is 0.298. The van der Waals surface area contributed by atoms with Crippen LogP contribution >= 0.6 is 0 Å². The number of ether oxygens (including phenoxy) is 2. The Labute approximate surface area is 126 Å².